The first kappa shape index (κ1) is 23.3. The molecule has 0 saturated carbocycles. The number of nitrogens with zero attached hydrogens (tertiary/aromatic N) is 2. The van der Waals surface area contributed by atoms with E-state index in [9.17, 15) is 24.3 Å². The quantitative estimate of drug-likeness (QED) is 0.403. The van der Waals surface area contributed by atoms with Crippen LogP contribution in [0.5, 0.6) is 5.75 Å². The van der Waals surface area contributed by atoms with Crippen LogP contribution >= 0.6 is 0 Å². The van der Waals surface area contributed by atoms with Gasteiger partial charge in [-0.15, -0.1) is 0 Å². The van der Waals surface area contributed by atoms with Crippen molar-refractivity contribution >= 4 is 35.0 Å². The Morgan fingerprint density at radius 2 is 1.08 bits per heavy atom. The zero-order chi connectivity index (χ0) is 26.6. The zero-order valence-corrected chi connectivity index (χ0v) is 20.2. The Bertz CT molecular complexity index is 1570. The maximum absolute atomic E-state index is 13.3. The number of hydrogen-bond acceptors (Lipinski definition) is 6. The minimum atomic E-state index is -0.498. The van der Waals surface area contributed by atoms with E-state index in [0.29, 0.717) is 33.8 Å². The Hall–Kier alpha value is -5.08. The maximum atomic E-state index is 13.3. The van der Waals surface area contributed by atoms with Crippen molar-refractivity contribution in [1.82, 2.24) is 0 Å². The minimum Gasteiger partial charge on any atom is -0.495 e. The van der Waals surface area contributed by atoms with Crippen LogP contribution in [-0.2, 0) is 6.61 Å². The largest absolute Gasteiger partial charge is 0.495 e. The predicted molar refractivity (Wildman–Crippen MR) is 140 cm³/mol. The molecule has 4 amide bonds. The summed E-state index contributed by atoms with van der Waals surface area (Å²) in [6.45, 7) is -0.317. The predicted octanol–water partition coefficient (Wildman–Crippen LogP) is 4.46. The van der Waals surface area contributed by atoms with E-state index in [0.717, 1.165) is 9.80 Å². The van der Waals surface area contributed by atoms with Crippen molar-refractivity contribution in [3.8, 4) is 16.9 Å². The molecule has 2 heterocycles. The number of hydrogen-bond donors (Lipinski definition) is 1. The second-order valence-corrected chi connectivity index (χ2v) is 8.87. The van der Waals surface area contributed by atoms with Crippen molar-refractivity contribution in [3.63, 3.8) is 0 Å². The van der Waals surface area contributed by atoms with Crippen molar-refractivity contribution in [2.75, 3.05) is 16.9 Å². The standard InChI is InChI=1S/C30H20N2O6/c1-38-26-9-5-4-8-25(26)32-28(35)21-13-11-18(15-23(21)30(32)37)17-10-12-20-22(14-17)29(36)31(27(20)34)24-7-3-2-6-19(24)16-33/h2-15,33H,16H2,1H3. The molecule has 4 aromatic rings. The van der Waals surface area contributed by atoms with E-state index in [1.54, 1.807) is 84.9 Å². The fourth-order valence-electron chi connectivity index (χ4n) is 4.96. The van der Waals surface area contributed by atoms with Crippen LogP contribution in [0.1, 0.15) is 47.0 Å². The Kier molecular flexibility index (Phi) is 5.40. The molecule has 2 aliphatic heterocycles. The lowest BCUT2D eigenvalue weighted by molar-refractivity contribution is 0.0909. The van der Waals surface area contributed by atoms with Crippen molar-refractivity contribution in [2.45, 2.75) is 6.61 Å². The second kappa shape index (κ2) is 8.79. The van der Waals surface area contributed by atoms with Crippen LogP contribution in [0.2, 0.25) is 0 Å². The summed E-state index contributed by atoms with van der Waals surface area (Å²) in [6.07, 6.45) is 0. The first-order valence-electron chi connectivity index (χ1n) is 11.8. The van der Waals surface area contributed by atoms with Gasteiger partial charge >= 0.3 is 0 Å². The molecule has 186 valence electrons. The summed E-state index contributed by atoms with van der Waals surface area (Å²) in [5.74, 6) is -1.50. The van der Waals surface area contributed by atoms with Gasteiger partial charge in [0.05, 0.1) is 47.3 Å². The molecule has 0 unspecified atom stereocenters. The van der Waals surface area contributed by atoms with Crippen molar-refractivity contribution < 1.29 is 29.0 Å². The van der Waals surface area contributed by atoms with Gasteiger partial charge in [0, 0.05) is 5.56 Å². The topological polar surface area (TPSA) is 104 Å². The highest BCUT2D eigenvalue weighted by molar-refractivity contribution is 6.36. The molecule has 0 atom stereocenters. The van der Waals surface area contributed by atoms with Crippen LogP contribution in [0.15, 0.2) is 84.9 Å². The number of para-hydroxylation sites is 3. The molecule has 8 heteroatoms. The molecule has 0 spiro atoms. The lowest BCUT2D eigenvalue weighted by Gasteiger charge is -2.17. The maximum Gasteiger partial charge on any atom is 0.266 e. The van der Waals surface area contributed by atoms with Gasteiger partial charge in [-0.2, -0.15) is 0 Å². The first-order chi connectivity index (χ1) is 18.4. The van der Waals surface area contributed by atoms with E-state index in [2.05, 4.69) is 0 Å². The van der Waals surface area contributed by atoms with E-state index in [-0.39, 0.29) is 28.9 Å². The van der Waals surface area contributed by atoms with Crippen molar-refractivity contribution in [1.29, 1.82) is 0 Å². The molecule has 0 radical (unpaired) electrons. The number of rotatable bonds is 5. The van der Waals surface area contributed by atoms with E-state index in [4.69, 9.17) is 4.74 Å². The Balaban J connectivity index is 1.37. The third-order valence-electron chi connectivity index (χ3n) is 6.84. The number of aliphatic hydroxyl groups is 1. The third kappa shape index (κ3) is 3.35. The summed E-state index contributed by atoms with van der Waals surface area (Å²) in [6, 6.07) is 23.3. The van der Waals surface area contributed by atoms with E-state index >= 15 is 0 Å². The first-order valence-corrected chi connectivity index (χ1v) is 11.8. The number of ether oxygens (including phenoxy) is 1. The molecular formula is C30H20N2O6. The number of methoxy groups -OCH3 is 1. The molecule has 4 aromatic carbocycles. The number of carbonyl (C=O) groups is 4. The molecule has 2 aliphatic rings. The van der Waals surface area contributed by atoms with Crippen LogP contribution in [0.3, 0.4) is 0 Å². The van der Waals surface area contributed by atoms with E-state index < -0.39 is 23.6 Å². The number of carbonyl (C=O) groups excluding carboxylic acids is 4. The average molecular weight is 504 g/mol. The van der Waals surface area contributed by atoms with Gasteiger partial charge in [0.25, 0.3) is 23.6 Å². The van der Waals surface area contributed by atoms with Crippen LogP contribution in [0.25, 0.3) is 11.1 Å². The molecule has 8 nitrogen and oxygen atoms in total. The number of imide groups is 2. The van der Waals surface area contributed by atoms with Gasteiger partial charge in [-0.1, -0.05) is 42.5 Å². The molecule has 0 bridgehead atoms. The number of anilines is 2. The van der Waals surface area contributed by atoms with Crippen LogP contribution < -0.4 is 14.5 Å². The number of fused-ring (bicyclic) bond motifs is 2. The van der Waals surface area contributed by atoms with Gasteiger partial charge < -0.3 is 9.84 Å². The zero-order valence-electron chi connectivity index (χ0n) is 20.2. The van der Waals surface area contributed by atoms with Crippen LogP contribution in [0.4, 0.5) is 11.4 Å². The normalized spacial score (nSPS) is 14.3. The van der Waals surface area contributed by atoms with Gasteiger partial charge in [0.1, 0.15) is 5.75 Å². The summed E-state index contributed by atoms with van der Waals surface area (Å²) < 4.78 is 5.34. The highest BCUT2D eigenvalue weighted by Crippen LogP contribution is 2.37. The number of amides is 4. The van der Waals surface area contributed by atoms with Crippen LogP contribution in [-0.4, -0.2) is 35.8 Å². The average Bonchev–Trinajstić information content (AvgIpc) is 3.36. The SMILES string of the molecule is COc1ccccc1N1C(=O)c2ccc(-c3ccc4c(c3)C(=O)N(c3ccccc3CO)C4=O)cc2C1=O. The Labute approximate surface area is 217 Å². The number of benzene rings is 4. The van der Waals surface area contributed by atoms with Gasteiger partial charge in [-0.25, -0.2) is 9.80 Å². The number of aliphatic hydroxyl groups excluding tert-OH is 1. The summed E-state index contributed by atoms with van der Waals surface area (Å²) in [4.78, 5) is 55.0. The molecule has 0 aromatic heterocycles. The van der Waals surface area contributed by atoms with Gasteiger partial charge in [0.2, 0.25) is 0 Å². The van der Waals surface area contributed by atoms with Gasteiger partial charge in [-0.3, -0.25) is 19.2 Å². The Morgan fingerprint density at radius 3 is 1.63 bits per heavy atom. The summed E-state index contributed by atoms with van der Waals surface area (Å²) >= 11 is 0. The van der Waals surface area contributed by atoms with E-state index in [1.165, 1.54) is 7.11 Å². The summed E-state index contributed by atoms with van der Waals surface area (Å²) in [7, 11) is 1.47. The summed E-state index contributed by atoms with van der Waals surface area (Å²) in [5.41, 5.74) is 3.35. The van der Waals surface area contributed by atoms with Crippen molar-refractivity contribution in [2.24, 2.45) is 0 Å². The third-order valence-corrected chi connectivity index (χ3v) is 6.84. The summed E-state index contributed by atoms with van der Waals surface area (Å²) in [5, 5.41) is 9.69. The lowest BCUT2D eigenvalue weighted by atomic mass is 9.97. The smallest absolute Gasteiger partial charge is 0.266 e. The monoisotopic (exact) mass is 504 g/mol. The fraction of sp³-hybridized carbons (Fsp3) is 0.0667. The highest BCUT2D eigenvalue weighted by atomic mass is 16.5. The molecule has 6 rings (SSSR count). The van der Waals surface area contributed by atoms with Gasteiger partial charge in [-0.05, 0) is 53.6 Å². The lowest BCUT2D eigenvalue weighted by Crippen LogP contribution is -2.30. The molecule has 0 aliphatic carbocycles. The molecule has 1 N–H and O–H groups in total. The van der Waals surface area contributed by atoms with Crippen LogP contribution in [0, 0.1) is 0 Å². The molecule has 38 heavy (non-hydrogen) atoms. The molecule has 0 saturated heterocycles. The Morgan fingerprint density at radius 1 is 0.605 bits per heavy atom. The minimum absolute atomic E-state index is 0.221. The molecule has 0 fully saturated rings. The van der Waals surface area contributed by atoms with E-state index in [1.807, 2.05) is 0 Å². The highest BCUT2D eigenvalue weighted by Gasteiger charge is 2.39. The molecular weight excluding hydrogens is 484 g/mol. The fourth-order valence-corrected chi connectivity index (χ4v) is 4.96. The van der Waals surface area contributed by atoms with Gasteiger partial charge in [0.15, 0.2) is 0 Å². The second-order valence-electron chi connectivity index (χ2n) is 8.87. The van der Waals surface area contributed by atoms with Crippen molar-refractivity contribution in [3.05, 3.63) is 113 Å².